The Balaban J connectivity index is 1.20. The number of aromatic nitrogens is 2. The molecule has 12 aromatic rings. The zero-order chi connectivity index (χ0) is 33.9. The van der Waals surface area contributed by atoms with E-state index in [1.165, 1.54) is 21.8 Å². The van der Waals surface area contributed by atoms with Crippen LogP contribution in [0.5, 0.6) is 0 Å². The van der Waals surface area contributed by atoms with Crippen molar-refractivity contribution in [2.45, 2.75) is 0 Å². The lowest BCUT2D eigenvalue weighted by molar-refractivity contribution is 0.669. The maximum atomic E-state index is 6.73. The minimum Gasteiger partial charge on any atom is -0.456 e. The molecule has 0 N–H and O–H groups in total. The fourth-order valence-corrected chi connectivity index (χ4v) is 8.67. The molecule has 52 heavy (non-hydrogen) atoms. The van der Waals surface area contributed by atoms with Crippen molar-refractivity contribution in [3.05, 3.63) is 170 Å². The smallest absolute Gasteiger partial charge is 0.145 e. The van der Waals surface area contributed by atoms with Crippen molar-refractivity contribution < 1.29 is 8.83 Å². The van der Waals surface area contributed by atoms with Gasteiger partial charge in [0.25, 0.3) is 0 Å². The summed E-state index contributed by atoms with van der Waals surface area (Å²) in [5.41, 5.74) is 12.7. The lowest BCUT2D eigenvalue weighted by Gasteiger charge is -2.15. The Bertz CT molecular complexity index is 3370. The summed E-state index contributed by atoms with van der Waals surface area (Å²) >= 11 is 0. The summed E-state index contributed by atoms with van der Waals surface area (Å²) in [7, 11) is 0. The number of furan rings is 2. The molecule has 0 aliphatic heterocycles. The molecular formula is C48H28N2O2. The summed E-state index contributed by atoms with van der Waals surface area (Å²) in [5.74, 6) is 0. The van der Waals surface area contributed by atoms with Crippen LogP contribution in [-0.2, 0) is 0 Å². The Morgan fingerprint density at radius 3 is 1.75 bits per heavy atom. The lowest BCUT2D eigenvalue weighted by atomic mass is 10.0. The van der Waals surface area contributed by atoms with Crippen molar-refractivity contribution in [1.29, 1.82) is 0 Å². The molecule has 0 saturated heterocycles. The summed E-state index contributed by atoms with van der Waals surface area (Å²) in [5, 5.41) is 9.24. The van der Waals surface area contributed by atoms with Gasteiger partial charge in [0.05, 0.1) is 33.1 Å². The van der Waals surface area contributed by atoms with E-state index >= 15 is 0 Å². The second-order valence-corrected chi connectivity index (χ2v) is 13.7. The average molecular weight is 665 g/mol. The Morgan fingerprint density at radius 2 is 0.962 bits per heavy atom. The van der Waals surface area contributed by atoms with Gasteiger partial charge in [-0.05, 0) is 77.9 Å². The van der Waals surface area contributed by atoms with Gasteiger partial charge in [-0.3, -0.25) is 0 Å². The molecule has 0 saturated carbocycles. The molecule has 0 aliphatic rings. The van der Waals surface area contributed by atoms with Crippen LogP contribution in [0.2, 0.25) is 0 Å². The summed E-state index contributed by atoms with van der Waals surface area (Å²) in [4.78, 5) is 0. The third-order valence-corrected chi connectivity index (χ3v) is 10.9. The van der Waals surface area contributed by atoms with Gasteiger partial charge in [-0.2, -0.15) is 0 Å². The van der Waals surface area contributed by atoms with E-state index in [1.54, 1.807) is 0 Å². The summed E-state index contributed by atoms with van der Waals surface area (Å²) < 4.78 is 17.8. The van der Waals surface area contributed by atoms with Gasteiger partial charge in [0.15, 0.2) is 0 Å². The molecular weight excluding hydrogens is 637 g/mol. The van der Waals surface area contributed by atoms with Crippen LogP contribution in [0, 0.1) is 0 Å². The highest BCUT2D eigenvalue weighted by Gasteiger charge is 2.23. The second kappa shape index (κ2) is 10.3. The first-order valence-corrected chi connectivity index (χ1v) is 17.7. The zero-order valence-corrected chi connectivity index (χ0v) is 27.9. The van der Waals surface area contributed by atoms with Gasteiger partial charge in [0.1, 0.15) is 22.3 Å². The first-order chi connectivity index (χ1) is 25.8. The molecule has 4 heteroatoms. The monoisotopic (exact) mass is 664 g/mol. The van der Waals surface area contributed by atoms with Crippen LogP contribution >= 0.6 is 0 Å². The van der Waals surface area contributed by atoms with E-state index in [4.69, 9.17) is 8.83 Å². The first kappa shape index (κ1) is 27.7. The summed E-state index contributed by atoms with van der Waals surface area (Å²) in [6.45, 7) is 0. The molecule has 0 unspecified atom stereocenters. The van der Waals surface area contributed by atoms with Crippen molar-refractivity contribution in [1.82, 2.24) is 9.13 Å². The summed E-state index contributed by atoms with van der Waals surface area (Å²) in [6, 6.07) is 60.7. The van der Waals surface area contributed by atoms with Crippen LogP contribution in [0.15, 0.2) is 179 Å². The van der Waals surface area contributed by atoms with Crippen molar-refractivity contribution >= 4 is 87.5 Å². The van der Waals surface area contributed by atoms with Gasteiger partial charge < -0.3 is 18.0 Å². The number of nitrogens with zero attached hydrogens (tertiary/aromatic N) is 2. The van der Waals surface area contributed by atoms with Crippen LogP contribution in [0.1, 0.15) is 0 Å². The van der Waals surface area contributed by atoms with E-state index in [-0.39, 0.29) is 0 Å². The molecule has 0 aliphatic carbocycles. The topological polar surface area (TPSA) is 36.1 Å². The van der Waals surface area contributed by atoms with Crippen molar-refractivity contribution in [3.63, 3.8) is 0 Å². The van der Waals surface area contributed by atoms with Gasteiger partial charge in [-0.1, -0.05) is 103 Å². The van der Waals surface area contributed by atoms with E-state index in [9.17, 15) is 0 Å². The van der Waals surface area contributed by atoms with Crippen LogP contribution in [0.3, 0.4) is 0 Å². The van der Waals surface area contributed by atoms with E-state index in [0.29, 0.717) is 0 Å². The fourth-order valence-electron chi connectivity index (χ4n) is 8.67. The molecule has 12 rings (SSSR count). The SMILES string of the molecule is c1cc(-c2ccc3oc4ccccc4c3c2)cc(-n2c3ccc4c5ccccc5oc4c3c3cccc(-n4c5ccccc5c5ccccc54)c32)c1. The Kier molecular flexibility index (Phi) is 5.47. The van der Waals surface area contributed by atoms with Crippen molar-refractivity contribution in [2.75, 3.05) is 0 Å². The zero-order valence-electron chi connectivity index (χ0n) is 27.9. The van der Waals surface area contributed by atoms with Gasteiger partial charge in [-0.25, -0.2) is 0 Å². The Labute approximate surface area is 296 Å². The predicted octanol–water partition coefficient (Wildman–Crippen LogP) is 13.3. The number of hydrogen-bond donors (Lipinski definition) is 0. The molecule has 242 valence electrons. The molecule has 4 aromatic heterocycles. The average Bonchev–Trinajstić information content (AvgIpc) is 3.95. The van der Waals surface area contributed by atoms with Crippen LogP contribution in [0.4, 0.5) is 0 Å². The van der Waals surface area contributed by atoms with E-state index in [1.807, 2.05) is 18.2 Å². The molecule has 0 fully saturated rings. The highest BCUT2D eigenvalue weighted by Crippen LogP contribution is 2.44. The molecule has 0 bridgehead atoms. The lowest BCUT2D eigenvalue weighted by Crippen LogP contribution is -2.00. The van der Waals surface area contributed by atoms with Gasteiger partial charge in [-0.15, -0.1) is 0 Å². The number of benzene rings is 8. The fraction of sp³-hybridized carbons (Fsp3) is 0. The standard InChI is InChI=1S/C48H28N2O2/c1-5-18-39-32(13-1)33-14-2-6-19-40(33)50(39)42-20-10-17-37-46-41(25-24-36-34-15-3-8-22-44(34)52-48(36)46)49(47(37)42)31-12-9-11-29(27-31)30-23-26-45-38(28-30)35-16-4-7-21-43(35)51-45/h1-28H. The van der Waals surface area contributed by atoms with Crippen molar-refractivity contribution in [2.24, 2.45) is 0 Å². The Hall–Kier alpha value is -7.04. The van der Waals surface area contributed by atoms with Crippen LogP contribution in [0.25, 0.3) is 110 Å². The van der Waals surface area contributed by atoms with E-state index in [2.05, 4.69) is 161 Å². The maximum absolute atomic E-state index is 6.73. The van der Waals surface area contributed by atoms with Gasteiger partial charge >= 0.3 is 0 Å². The number of hydrogen-bond acceptors (Lipinski definition) is 2. The van der Waals surface area contributed by atoms with Gasteiger partial charge in [0, 0.05) is 43.4 Å². The maximum Gasteiger partial charge on any atom is 0.145 e. The number of rotatable bonds is 3. The quantitative estimate of drug-likeness (QED) is 0.188. The van der Waals surface area contributed by atoms with Gasteiger partial charge in [0.2, 0.25) is 0 Å². The normalized spacial score (nSPS) is 12.2. The number of para-hydroxylation sites is 5. The van der Waals surface area contributed by atoms with Crippen LogP contribution < -0.4 is 0 Å². The molecule has 0 spiro atoms. The number of fused-ring (bicyclic) bond motifs is 13. The van der Waals surface area contributed by atoms with E-state index < -0.39 is 0 Å². The second-order valence-electron chi connectivity index (χ2n) is 13.7. The first-order valence-electron chi connectivity index (χ1n) is 17.7. The molecule has 0 amide bonds. The molecule has 0 radical (unpaired) electrons. The molecule has 8 aromatic carbocycles. The predicted molar refractivity (Wildman–Crippen MR) is 215 cm³/mol. The largest absolute Gasteiger partial charge is 0.456 e. The molecule has 0 atom stereocenters. The van der Waals surface area contributed by atoms with E-state index in [0.717, 1.165) is 88.2 Å². The minimum absolute atomic E-state index is 0.897. The molecule has 4 nitrogen and oxygen atoms in total. The third-order valence-electron chi connectivity index (χ3n) is 10.9. The highest BCUT2D eigenvalue weighted by atomic mass is 16.3. The highest BCUT2D eigenvalue weighted by molar-refractivity contribution is 6.25. The molecule has 4 heterocycles. The Morgan fingerprint density at radius 1 is 0.346 bits per heavy atom. The summed E-state index contributed by atoms with van der Waals surface area (Å²) in [6.07, 6.45) is 0. The third kappa shape index (κ3) is 3.70. The minimum atomic E-state index is 0.897. The van der Waals surface area contributed by atoms with Crippen molar-refractivity contribution in [3.8, 4) is 22.5 Å². The van der Waals surface area contributed by atoms with Crippen LogP contribution in [-0.4, -0.2) is 9.13 Å².